The number of esters is 1. The van der Waals surface area contributed by atoms with Gasteiger partial charge in [0.15, 0.2) is 6.10 Å². The maximum Gasteiger partial charge on any atom is 0.407 e. The SMILES string of the molecule is COCO[C@@H](C(=O)N[C@@H](CC(C)C)C(=O)OCc1ccccc1)[C@@H](Cc1ccccc1)NC(=O)OC(C)(C)C. The molecule has 0 aliphatic heterocycles. The van der Waals surface area contributed by atoms with Crippen molar-refractivity contribution >= 4 is 18.0 Å². The van der Waals surface area contributed by atoms with Gasteiger partial charge < -0.3 is 29.6 Å². The summed E-state index contributed by atoms with van der Waals surface area (Å²) in [6.07, 6.45) is -1.24. The third-order valence-corrected chi connectivity index (χ3v) is 5.52. The number of methoxy groups -OCH3 is 1. The topological polar surface area (TPSA) is 112 Å². The van der Waals surface area contributed by atoms with E-state index in [0.29, 0.717) is 6.42 Å². The van der Waals surface area contributed by atoms with Crippen LogP contribution in [0.1, 0.15) is 52.2 Å². The average molecular weight is 543 g/mol. The van der Waals surface area contributed by atoms with Crippen LogP contribution in [-0.2, 0) is 41.6 Å². The summed E-state index contributed by atoms with van der Waals surface area (Å²) in [7, 11) is 1.44. The molecule has 0 radical (unpaired) electrons. The van der Waals surface area contributed by atoms with Gasteiger partial charge in [-0.05, 0) is 50.7 Å². The van der Waals surface area contributed by atoms with Gasteiger partial charge in [0, 0.05) is 7.11 Å². The van der Waals surface area contributed by atoms with Crippen molar-refractivity contribution in [3.05, 3.63) is 71.8 Å². The maximum atomic E-state index is 13.6. The second-order valence-corrected chi connectivity index (χ2v) is 10.7. The van der Waals surface area contributed by atoms with Gasteiger partial charge in [-0.3, -0.25) is 4.79 Å². The first-order valence-corrected chi connectivity index (χ1v) is 13.1. The standard InChI is InChI=1S/C30H42N2O7/c1-21(2)17-25(28(34)37-19-23-15-11-8-12-16-23)31-27(33)26(38-20-36-6)24(18-22-13-9-7-10-14-22)32-29(35)39-30(3,4)5/h7-16,21,24-26H,17-20H2,1-6H3,(H,31,33)(H,32,35)/t24-,25+,26-/m1/s1. The summed E-state index contributed by atoms with van der Waals surface area (Å²) < 4.78 is 21.8. The summed E-state index contributed by atoms with van der Waals surface area (Å²) in [6, 6.07) is 17.0. The number of hydrogen-bond donors (Lipinski definition) is 2. The highest BCUT2D eigenvalue weighted by Crippen LogP contribution is 2.15. The van der Waals surface area contributed by atoms with Gasteiger partial charge in [0.2, 0.25) is 0 Å². The summed E-state index contributed by atoms with van der Waals surface area (Å²) in [4.78, 5) is 39.4. The molecule has 2 rings (SSSR count). The second-order valence-electron chi connectivity index (χ2n) is 10.7. The van der Waals surface area contributed by atoms with E-state index in [9.17, 15) is 14.4 Å². The van der Waals surface area contributed by atoms with E-state index in [2.05, 4.69) is 10.6 Å². The number of benzene rings is 2. The van der Waals surface area contributed by atoms with Crippen LogP contribution in [0.15, 0.2) is 60.7 Å². The zero-order valence-corrected chi connectivity index (χ0v) is 23.8. The van der Waals surface area contributed by atoms with Crippen molar-refractivity contribution in [3.63, 3.8) is 0 Å². The summed E-state index contributed by atoms with van der Waals surface area (Å²) in [5, 5.41) is 5.58. The molecule has 0 aliphatic rings. The molecule has 0 spiro atoms. The van der Waals surface area contributed by atoms with Crippen LogP contribution in [0.3, 0.4) is 0 Å². The van der Waals surface area contributed by atoms with E-state index in [1.165, 1.54) is 7.11 Å². The molecule has 0 saturated carbocycles. The molecular formula is C30H42N2O7. The number of rotatable bonds is 14. The van der Waals surface area contributed by atoms with Crippen LogP contribution in [0.25, 0.3) is 0 Å². The van der Waals surface area contributed by atoms with Crippen molar-refractivity contribution < 1.29 is 33.3 Å². The Labute approximate surface area is 231 Å². The summed E-state index contributed by atoms with van der Waals surface area (Å²) >= 11 is 0. The summed E-state index contributed by atoms with van der Waals surface area (Å²) in [5.74, 6) is -1.03. The van der Waals surface area contributed by atoms with Crippen LogP contribution in [0.5, 0.6) is 0 Å². The molecule has 0 unspecified atom stereocenters. The minimum Gasteiger partial charge on any atom is -0.459 e. The molecule has 39 heavy (non-hydrogen) atoms. The molecule has 3 atom stereocenters. The van der Waals surface area contributed by atoms with Crippen LogP contribution >= 0.6 is 0 Å². The number of hydrogen-bond acceptors (Lipinski definition) is 7. The van der Waals surface area contributed by atoms with Crippen LogP contribution in [0.4, 0.5) is 4.79 Å². The third kappa shape index (κ3) is 12.3. The molecule has 214 valence electrons. The van der Waals surface area contributed by atoms with Crippen molar-refractivity contribution in [1.82, 2.24) is 10.6 Å². The number of carbonyl (C=O) groups excluding carboxylic acids is 3. The molecule has 0 aromatic heterocycles. The van der Waals surface area contributed by atoms with Crippen molar-refractivity contribution in [2.75, 3.05) is 13.9 Å². The van der Waals surface area contributed by atoms with Crippen LogP contribution < -0.4 is 10.6 Å². The number of alkyl carbamates (subject to hydrolysis) is 1. The third-order valence-electron chi connectivity index (χ3n) is 5.52. The Morgan fingerprint density at radius 3 is 2.00 bits per heavy atom. The molecule has 2 aromatic rings. The predicted octanol–water partition coefficient (Wildman–Crippen LogP) is 4.39. The quantitative estimate of drug-likeness (QED) is 0.269. The first-order valence-electron chi connectivity index (χ1n) is 13.1. The van der Waals surface area contributed by atoms with Crippen LogP contribution in [-0.4, -0.2) is 55.7 Å². The first-order chi connectivity index (χ1) is 18.5. The maximum absolute atomic E-state index is 13.6. The van der Waals surface area contributed by atoms with E-state index in [1.54, 1.807) is 20.8 Å². The molecular weight excluding hydrogens is 500 g/mol. The minimum atomic E-state index is -1.19. The zero-order chi connectivity index (χ0) is 28.8. The lowest BCUT2D eigenvalue weighted by molar-refractivity contribution is -0.154. The largest absolute Gasteiger partial charge is 0.459 e. The zero-order valence-electron chi connectivity index (χ0n) is 23.8. The van der Waals surface area contributed by atoms with Gasteiger partial charge >= 0.3 is 12.1 Å². The van der Waals surface area contributed by atoms with Crippen LogP contribution in [0, 0.1) is 5.92 Å². The number of carbonyl (C=O) groups is 3. The van der Waals surface area contributed by atoms with E-state index in [1.807, 2.05) is 74.5 Å². The smallest absolute Gasteiger partial charge is 0.407 e. The number of amides is 2. The Morgan fingerprint density at radius 2 is 1.46 bits per heavy atom. The monoisotopic (exact) mass is 542 g/mol. The molecule has 0 bridgehead atoms. The van der Waals surface area contributed by atoms with Crippen molar-refractivity contribution in [2.45, 2.75) is 77.9 Å². The highest BCUT2D eigenvalue weighted by atomic mass is 16.7. The first kappa shape index (κ1) is 31.8. The second kappa shape index (κ2) is 15.9. The lowest BCUT2D eigenvalue weighted by Crippen LogP contribution is -2.56. The Bertz CT molecular complexity index is 1020. The van der Waals surface area contributed by atoms with E-state index in [-0.39, 0.29) is 25.7 Å². The van der Waals surface area contributed by atoms with Crippen LogP contribution in [0.2, 0.25) is 0 Å². The normalized spacial score (nSPS) is 13.7. The molecule has 9 heteroatoms. The molecule has 2 amide bonds. The van der Waals surface area contributed by atoms with Gasteiger partial charge in [-0.25, -0.2) is 9.59 Å². The molecule has 0 fully saturated rings. The predicted molar refractivity (Wildman–Crippen MR) is 148 cm³/mol. The van der Waals surface area contributed by atoms with E-state index < -0.39 is 41.8 Å². The van der Waals surface area contributed by atoms with Gasteiger partial charge in [0.25, 0.3) is 5.91 Å². The Hall–Kier alpha value is -3.43. The molecule has 2 N–H and O–H groups in total. The summed E-state index contributed by atoms with van der Waals surface area (Å²) in [6.45, 7) is 9.04. The van der Waals surface area contributed by atoms with E-state index >= 15 is 0 Å². The minimum absolute atomic E-state index is 0.0879. The van der Waals surface area contributed by atoms with Gasteiger partial charge in [-0.1, -0.05) is 74.5 Å². The number of nitrogens with one attached hydrogen (secondary N) is 2. The fraction of sp³-hybridized carbons (Fsp3) is 0.500. The van der Waals surface area contributed by atoms with Crippen molar-refractivity contribution in [3.8, 4) is 0 Å². The number of ether oxygens (including phenoxy) is 4. The fourth-order valence-corrected chi connectivity index (χ4v) is 3.85. The van der Waals surface area contributed by atoms with Gasteiger partial charge in [0.1, 0.15) is 25.0 Å². The summed E-state index contributed by atoms with van der Waals surface area (Å²) in [5.41, 5.74) is 0.974. The van der Waals surface area contributed by atoms with E-state index in [4.69, 9.17) is 18.9 Å². The molecule has 0 saturated heterocycles. The molecule has 9 nitrogen and oxygen atoms in total. The highest BCUT2D eigenvalue weighted by Gasteiger charge is 2.35. The molecule has 0 heterocycles. The molecule has 0 aliphatic carbocycles. The van der Waals surface area contributed by atoms with Crippen molar-refractivity contribution in [2.24, 2.45) is 5.92 Å². The van der Waals surface area contributed by atoms with Gasteiger partial charge in [-0.15, -0.1) is 0 Å². The molecule has 2 aromatic carbocycles. The Kier molecular flexibility index (Phi) is 12.9. The Balaban J connectivity index is 2.26. The fourth-order valence-electron chi connectivity index (χ4n) is 3.85. The van der Waals surface area contributed by atoms with Gasteiger partial charge in [0.05, 0.1) is 6.04 Å². The highest BCUT2D eigenvalue weighted by molar-refractivity contribution is 5.88. The lowest BCUT2D eigenvalue weighted by Gasteiger charge is -2.30. The van der Waals surface area contributed by atoms with E-state index in [0.717, 1.165) is 11.1 Å². The van der Waals surface area contributed by atoms with Gasteiger partial charge in [-0.2, -0.15) is 0 Å². The van der Waals surface area contributed by atoms with Crippen molar-refractivity contribution in [1.29, 1.82) is 0 Å². The average Bonchev–Trinajstić information content (AvgIpc) is 2.87. The Morgan fingerprint density at radius 1 is 0.872 bits per heavy atom. The lowest BCUT2D eigenvalue weighted by atomic mass is 9.99.